The number of amides is 1. The van der Waals surface area contributed by atoms with Gasteiger partial charge in [0.05, 0.1) is 11.4 Å². The van der Waals surface area contributed by atoms with Crippen LogP contribution < -0.4 is 10.0 Å². The number of carbonyl (C=O) groups is 1. The van der Waals surface area contributed by atoms with Crippen LogP contribution in [0.15, 0.2) is 45.8 Å². The van der Waals surface area contributed by atoms with Crippen molar-refractivity contribution >= 4 is 37.5 Å². The topological polar surface area (TPSA) is 75.3 Å². The van der Waals surface area contributed by atoms with E-state index in [2.05, 4.69) is 26.0 Å². The first-order valence-electron chi connectivity index (χ1n) is 7.32. The molecule has 0 spiro atoms. The molecule has 0 saturated heterocycles. The van der Waals surface area contributed by atoms with Crippen molar-refractivity contribution in [2.75, 3.05) is 11.9 Å². The lowest BCUT2D eigenvalue weighted by Crippen LogP contribution is -2.33. The Balaban J connectivity index is 2.09. The maximum Gasteiger partial charge on any atom is 0.241 e. The van der Waals surface area contributed by atoms with E-state index in [1.165, 1.54) is 6.07 Å². The molecule has 0 aliphatic rings. The van der Waals surface area contributed by atoms with Crippen LogP contribution in [0.2, 0.25) is 0 Å². The quantitative estimate of drug-likeness (QED) is 0.793. The molecule has 2 aromatic carbocycles. The van der Waals surface area contributed by atoms with Crippen LogP contribution in [-0.4, -0.2) is 20.9 Å². The van der Waals surface area contributed by atoms with Gasteiger partial charge in [-0.15, -0.1) is 0 Å². The van der Waals surface area contributed by atoms with E-state index < -0.39 is 15.9 Å². The molecule has 1 amide bonds. The first-order chi connectivity index (χ1) is 11.2. The summed E-state index contributed by atoms with van der Waals surface area (Å²) in [5.41, 5.74) is 3.17. The first-order valence-corrected chi connectivity index (χ1v) is 9.60. The number of sulfonamides is 1. The number of nitrogens with one attached hydrogen (secondary N) is 2. The Labute approximate surface area is 150 Å². The molecule has 0 radical (unpaired) electrons. The van der Waals surface area contributed by atoms with Gasteiger partial charge in [-0.2, -0.15) is 0 Å². The summed E-state index contributed by atoms with van der Waals surface area (Å²) in [6.07, 6.45) is 0. The van der Waals surface area contributed by atoms with E-state index in [0.29, 0.717) is 15.7 Å². The molecule has 0 heterocycles. The summed E-state index contributed by atoms with van der Waals surface area (Å²) in [7, 11) is -3.76. The van der Waals surface area contributed by atoms with Crippen LogP contribution >= 0.6 is 15.9 Å². The van der Waals surface area contributed by atoms with Crippen molar-refractivity contribution in [1.29, 1.82) is 0 Å². The molecular formula is C17H19BrN2O3S. The number of carbonyl (C=O) groups excluding carboxylic acids is 1. The third-order valence-electron chi connectivity index (χ3n) is 3.61. The van der Waals surface area contributed by atoms with Crippen LogP contribution in [0.3, 0.4) is 0 Å². The zero-order chi connectivity index (χ0) is 17.9. The second-order valence-corrected chi connectivity index (χ2v) is 8.20. The van der Waals surface area contributed by atoms with Crippen molar-refractivity contribution in [3.8, 4) is 0 Å². The monoisotopic (exact) mass is 410 g/mol. The number of halogens is 1. The number of benzene rings is 2. The summed E-state index contributed by atoms with van der Waals surface area (Å²) in [5.74, 6) is -0.413. The van der Waals surface area contributed by atoms with Crippen LogP contribution in [0.25, 0.3) is 0 Å². The fourth-order valence-electron chi connectivity index (χ4n) is 2.30. The number of para-hydroxylation sites is 1. The van der Waals surface area contributed by atoms with Crippen molar-refractivity contribution in [3.05, 3.63) is 57.6 Å². The van der Waals surface area contributed by atoms with Gasteiger partial charge in [0.15, 0.2) is 0 Å². The number of anilines is 1. The normalized spacial score (nSPS) is 11.3. The molecule has 2 N–H and O–H groups in total. The summed E-state index contributed by atoms with van der Waals surface area (Å²) < 4.78 is 27.8. The Morgan fingerprint density at radius 3 is 2.29 bits per heavy atom. The smallest absolute Gasteiger partial charge is 0.241 e. The maximum absolute atomic E-state index is 12.4. The van der Waals surface area contributed by atoms with E-state index >= 15 is 0 Å². The largest absolute Gasteiger partial charge is 0.324 e. The van der Waals surface area contributed by atoms with E-state index in [1.807, 2.05) is 32.0 Å². The molecule has 0 fully saturated rings. The van der Waals surface area contributed by atoms with Gasteiger partial charge in [-0.25, -0.2) is 13.1 Å². The molecular weight excluding hydrogens is 392 g/mol. The summed E-state index contributed by atoms with van der Waals surface area (Å²) in [6, 6.07) is 10.7. The van der Waals surface area contributed by atoms with E-state index in [0.717, 1.165) is 11.1 Å². The Hall–Kier alpha value is -1.70. The van der Waals surface area contributed by atoms with Gasteiger partial charge >= 0.3 is 0 Å². The van der Waals surface area contributed by atoms with Gasteiger partial charge in [0, 0.05) is 10.2 Å². The van der Waals surface area contributed by atoms with Crippen molar-refractivity contribution in [2.24, 2.45) is 0 Å². The molecule has 0 bridgehead atoms. The summed E-state index contributed by atoms with van der Waals surface area (Å²) in [6.45, 7) is 5.15. The number of hydrogen-bond donors (Lipinski definition) is 2. The van der Waals surface area contributed by atoms with Crippen molar-refractivity contribution < 1.29 is 13.2 Å². The molecule has 7 heteroatoms. The second kappa shape index (κ2) is 7.46. The van der Waals surface area contributed by atoms with Crippen molar-refractivity contribution in [1.82, 2.24) is 4.72 Å². The fraction of sp³-hybridized carbons (Fsp3) is 0.235. The van der Waals surface area contributed by atoms with Gasteiger partial charge in [-0.3, -0.25) is 4.79 Å². The molecule has 24 heavy (non-hydrogen) atoms. The van der Waals surface area contributed by atoms with E-state index in [1.54, 1.807) is 19.1 Å². The Morgan fingerprint density at radius 1 is 1.04 bits per heavy atom. The molecule has 0 aliphatic heterocycles. The molecule has 0 atom stereocenters. The average Bonchev–Trinajstić information content (AvgIpc) is 2.51. The molecule has 5 nitrogen and oxygen atoms in total. The van der Waals surface area contributed by atoms with Gasteiger partial charge in [0.1, 0.15) is 0 Å². The highest BCUT2D eigenvalue weighted by Crippen LogP contribution is 2.21. The summed E-state index contributed by atoms with van der Waals surface area (Å²) >= 11 is 3.26. The van der Waals surface area contributed by atoms with Crippen LogP contribution in [0.4, 0.5) is 5.69 Å². The zero-order valence-corrected chi connectivity index (χ0v) is 16.1. The highest BCUT2D eigenvalue weighted by molar-refractivity contribution is 9.10. The Bertz CT molecular complexity index is 859. The fourth-order valence-corrected chi connectivity index (χ4v) is 4.06. The number of hydrogen-bond acceptors (Lipinski definition) is 3. The molecule has 0 saturated carbocycles. The van der Waals surface area contributed by atoms with Crippen LogP contribution in [0, 0.1) is 20.8 Å². The van der Waals surface area contributed by atoms with Gasteiger partial charge in [0.25, 0.3) is 0 Å². The predicted octanol–water partition coefficient (Wildman–Crippen LogP) is 3.29. The molecule has 2 rings (SSSR count). The summed E-state index contributed by atoms with van der Waals surface area (Å²) in [5, 5.41) is 2.75. The highest BCUT2D eigenvalue weighted by Gasteiger charge is 2.18. The number of rotatable bonds is 5. The van der Waals surface area contributed by atoms with E-state index in [9.17, 15) is 13.2 Å². The maximum atomic E-state index is 12.4. The second-order valence-electron chi connectivity index (χ2n) is 5.55. The predicted molar refractivity (Wildman–Crippen MR) is 98.6 cm³/mol. The molecule has 2 aromatic rings. The summed E-state index contributed by atoms with van der Waals surface area (Å²) in [4.78, 5) is 12.2. The Kier molecular flexibility index (Phi) is 5.79. The number of aryl methyl sites for hydroxylation is 3. The van der Waals surface area contributed by atoms with Gasteiger partial charge in [0.2, 0.25) is 15.9 Å². The van der Waals surface area contributed by atoms with Gasteiger partial charge < -0.3 is 5.32 Å². The minimum atomic E-state index is -3.76. The Morgan fingerprint density at radius 2 is 1.67 bits per heavy atom. The molecule has 0 aromatic heterocycles. The van der Waals surface area contributed by atoms with E-state index in [-0.39, 0.29) is 11.4 Å². The molecule has 128 valence electrons. The van der Waals surface area contributed by atoms with Crippen molar-refractivity contribution in [3.63, 3.8) is 0 Å². The lowest BCUT2D eigenvalue weighted by atomic mass is 10.1. The van der Waals surface area contributed by atoms with Crippen LogP contribution in [-0.2, 0) is 14.8 Å². The van der Waals surface area contributed by atoms with E-state index in [4.69, 9.17) is 0 Å². The molecule has 0 unspecified atom stereocenters. The minimum absolute atomic E-state index is 0.150. The third-order valence-corrected chi connectivity index (χ3v) is 5.64. The average molecular weight is 411 g/mol. The lowest BCUT2D eigenvalue weighted by Gasteiger charge is -2.13. The molecule has 0 aliphatic carbocycles. The van der Waals surface area contributed by atoms with Crippen LogP contribution in [0.5, 0.6) is 0 Å². The SMILES string of the molecule is Cc1ccc(Br)cc1S(=O)(=O)NCC(=O)Nc1c(C)cccc1C. The standard InChI is InChI=1S/C17H19BrN2O3S/c1-11-7-8-14(18)9-15(11)24(22,23)19-10-16(21)20-17-12(2)5-4-6-13(17)3/h4-9,19H,10H2,1-3H3,(H,20,21). The van der Waals surface area contributed by atoms with Gasteiger partial charge in [-0.1, -0.05) is 40.2 Å². The highest BCUT2D eigenvalue weighted by atomic mass is 79.9. The van der Waals surface area contributed by atoms with Crippen molar-refractivity contribution in [2.45, 2.75) is 25.7 Å². The van der Waals surface area contributed by atoms with Crippen LogP contribution in [0.1, 0.15) is 16.7 Å². The minimum Gasteiger partial charge on any atom is -0.324 e. The zero-order valence-electron chi connectivity index (χ0n) is 13.7. The third kappa shape index (κ3) is 4.43. The first kappa shape index (κ1) is 18.6. The van der Waals surface area contributed by atoms with Gasteiger partial charge in [-0.05, 0) is 49.6 Å². The lowest BCUT2D eigenvalue weighted by molar-refractivity contribution is -0.115.